The molecule has 2 saturated heterocycles. The Morgan fingerprint density at radius 3 is 2.70 bits per heavy atom. The van der Waals surface area contributed by atoms with Crippen LogP contribution in [0.5, 0.6) is 5.75 Å². The maximum Gasteiger partial charge on any atom is 0.127 e. The fourth-order valence-electron chi connectivity index (χ4n) is 5.67. The van der Waals surface area contributed by atoms with E-state index < -0.39 is 0 Å². The molecule has 5 rings (SSSR count). The number of rotatable bonds is 3. The lowest BCUT2D eigenvalue weighted by atomic mass is 9.77. The molecule has 4 aliphatic rings. The average molecular weight is 389 g/mol. The van der Waals surface area contributed by atoms with Crippen LogP contribution in [0.4, 0.5) is 0 Å². The number of hydrogen-bond acceptors (Lipinski definition) is 4. The number of likely N-dealkylation sites (tertiary alicyclic amines) is 2. The largest absolute Gasteiger partial charge is 0.489 e. The molecule has 3 heterocycles. The SMILES string of the molecule is O[C@@H]1C[C@H]2CN(CC3=Cc4cc(Cl)ccc4OC3)C[C@H]2C[C@H]1N1CCCC1. The summed E-state index contributed by atoms with van der Waals surface area (Å²) in [5, 5.41) is 11.5. The molecule has 0 aromatic heterocycles. The van der Waals surface area contributed by atoms with Gasteiger partial charge in [-0.15, -0.1) is 0 Å². The molecular weight excluding hydrogens is 360 g/mol. The van der Waals surface area contributed by atoms with Crippen molar-refractivity contribution >= 4 is 17.7 Å². The quantitative estimate of drug-likeness (QED) is 0.862. The lowest BCUT2D eigenvalue weighted by Gasteiger charge is -2.40. The molecule has 4 atom stereocenters. The van der Waals surface area contributed by atoms with Crippen molar-refractivity contribution in [3.8, 4) is 5.75 Å². The van der Waals surface area contributed by atoms with Crippen molar-refractivity contribution in [2.75, 3.05) is 39.3 Å². The molecular formula is C22H29ClN2O2. The third-order valence-corrected chi connectivity index (χ3v) is 7.20. The van der Waals surface area contributed by atoms with Gasteiger partial charge >= 0.3 is 0 Å². The molecule has 3 fully saturated rings. The van der Waals surface area contributed by atoms with Gasteiger partial charge in [-0.3, -0.25) is 9.80 Å². The second kappa shape index (κ2) is 7.40. The zero-order valence-corrected chi connectivity index (χ0v) is 16.6. The number of hydrogen-bond donors (Lipinski definition) is 1. The number of aliphatic hydroxyl groups is 1. The maximum atomic E-state index is 10.7. The van der Waals surface area contributed by atoms with Gasteiger partial charge in [0.15, 0.2) is 0 Å². The molecule has 1 N–H and O–H groups in total. The Morgan fingerprint density at radius 2 is 1.89 bits per heavy atom. The van der Waals surface area contributed by atoms with E-state index in [4.69, 9.17) is 16.3 Å². The van der Waals surface area contributed by atoms with Crippen LogP contribution in [0.15, 0.2) is 23.8 Å². The van der Waals surface area contributed by atoms with Crippen LogP contribution in [0.1, 0.15) is 31.2 Å². The summed E-state index contributed by atoms with van der Waals surface area (Å²) < 4.78 is 5.92. The summed E-state index contributed by atoms with van der Waals surface area (Å²) in [6.45, 7) is 6.24. The Balaban J connectivity index is 1.24. The third-order valence-electron chi connectivity index (χ3n) is 6.97. The molecule has 4 nitrogen and oxygen atoms in total. The Bertz CT molecular complexity index is 731. The Morgan fingerprint density at radius 1 is 1.11 bits per heavy atom. The zero-order chi connectivity index (χ0) is 18.4. The topological polar surface area (TPSA) is 35.9 Å². The number of nitrogens with zero attached hydrogens (tertiary/aromatic N) is 2. The minimum atomic E-state index is -0.143. The highest BCUT2D eigenvalue weighted by atomic mass is 35.5. The second-order valence-electron chi connectivity index (χ2n) is 8.84. The van der Waals surface area contributed by atoms with E-state index in [1.807, 2.05) is 18.2 Å². The number of aliphatic hydroxyl groups excluding tert-OH is 1. The van der Waals surface area contributed by atoms with Crippen molar-refractivity contribution in [3.05, 3.63) is 34.4 Å². The monoisotopic (exact) mass is 388 g/mol. The smallest absolute Gasteiger partial charge is 0.127 e. The van der Waals surface area contributed by atoms with Gasteiger partial charge in [0.05, 0.1) is 6.10 Å². The molecule has 0 bridgehead atoms. The molecule has 0 amide bonds. The van der Waals surface area contributed by atoms with E-state index >= 15 is 0 Å². The van der Waals surface area contributed by atoms with Gasteiger partial charge in [0, 0.05) is 36.3 Å². The van der Waals surface area contributed by atoms with Gasteiger partial charge in [0.25, 0.3) is 0 Å². The Hall–Kier alpha value is -1.07. The highest BCUT2D eigenvalue weighted by molar-refractivity contribution is 6.30. The lowest BCUT2D eigenvalue weighted by molar-refractivity contribution is -0.000860. The molecule has 1 aliphatic carbocycles. The van der Waals surface area contributed by atoms with Crippen molar-refractivity contribution < 1.29 is 9.84 Å². The molecule has 146 valence electrons. The average Bonchev–Trinajstić information content (AvgIpc) is 3.29. The highest BCUT2D eigenvalue weighted by Gasteiger charge is 2.43. The van der Waals surface area contributed by atoms with Crippen LogP contribution < -0.4 is 4.74 Å². The van der Waals surface area contributed by atoms with Crippen LogP contribution in [-0.4, -0.2) is 66.4 Å². The van der Waals surface area contributed by atoms with Crippen molar-refractivity contribution in [2.24, 2.45) is 11.8 Å². The summed E-state index contributed by atoms with van der Waals surface area (Å²) in [4.78, 5) is 5.11. The van der Waals surface area contributed by atoms with Crippen LogP contribution in [0.25, 0.3) is 6.08 Å². The lowest BCUT2D eigenvalue weighted by Crippen LogP contribution is -2.48. The first-order chi connectivity index (χ1) is 13.2. The van der Waals surface area contributed by atoms with E-state index in [-0.39, 0.29) is 6.10 Å². The summed E-state index contributed by atoms with van der Waals surface area (Å²) in [6.07, 6.45) is 6.82. The van der Waals surface area contributed by atoms with Gasteiger partial charge in [-0.05, 0) is 80.5 Å². The van der Waals surface area contributed by atoms with Crippen molar-refractivity contribution in [2.45, 2.75) is 37.8 Å². The summed E-state index contributed by atoms with van der Waals surface area (Å²) in [5.74, 6) is 2.30. The summed E-state index contributed by atoms with van der Waals surface area (Å²) in [5.41, 5.74) is 2.41. The van der Waals surface area contributed by atoms with E-state index in [0.717, 1.165) is 54.7 Å². The number of halogens is 1. The Kier molecular flexibility index (Phi) is 4.93. The number of fused-ring (bicyclic) bond motifs is 2. The van der Waals surface area contributed by atoms with E-state index in [1.54, 1.807) is 0 Å². The first kappa shape index (κ1) is 18.0. The predicted octanol–water partition coefficient (Wildman–Crippen LogP) is 3.28. The van der Waals surface area contributed by atoms with E-state index in [2.05, 4.69) is 15.9 Å². The number of benzene rings is 1. The molecule has 0 radical (unpaired) electrons. The van der Waals surface area contributed by atoms with Gasteiger partial charge < -0.3 is 9.84 Å². The van der Waals surface area contributed by atoms with Crippen LogP contribution in [0.2, 0.25) is 5.02 Å². The Labute approximate surface area is 166 Å². The van der Waals surface area contributed by atoms with E-state index in [0.29, 0.717) is 18.6 Å². The first-order valence-corrected chi connectivity index (χ1v) is 10.8. The van der Waals surface area contributed by atoms with Crippen LogP contribution in [0, 0.1) is 11.8 Å². The predicted molar refractivity (Wildman–Crippen MR) is 108 cm³/mol. The van der Waals surface area contributed by atoms with E-state index in [9.17, 15) is 5.11 Å². The summed E-state index contributed by atoms with van der Waals surface area (Å²) >= 11 is 6.14. The fraction of sp³-hybridized carbons (Fsp3) is 0.636. The normalized spacial score (nSPS) is 34.1. The van der Waals surface area contributed by atoms with Gasteiger partial charge in [-0.25, -0.2) is 0 Å². The molecule has 1 aromatic rings. The summed E-state index contributed by atoms with van der Waals surface area (Å²) in [7, 11) is 0. The van der Waals surface area contributed by atoms with Gasteiger partial charge in [-0.1, -0.05) is 11.6 Å². The highest BCUT2D eigenvalue weighted by Crippen LogP contribution is 2.39. The molecule has 3 aliphatic heterocycles. The van der Waals surface area contributed by atoms with Crippen LogP contribution in [0.3, 0.4) is 0 Å². The zero-order valence-electron chi connectivity index (χ0n) is 15.8. The molecule has 1 saturated carbocycles. The van der Waals surface area contributed by atoms with Crippen LogP contribution in [-0.2, 0) is 0 Å². The molecule has 5 heteroatoms. The van der Waals surface area contributed by atoms with Gasteiger partial charge in [0.2, 0.25) is 0 Å². The maximum absolute atomic E-state index is 10.7. The second-order valence-corrected chi connectivity index (χ2v) is 9.27. The molecule has 1 aromatic carbocycles. The minimum absolute atomic E-state index is 0.143. The van der Waals surface area contributed by atoms with Gasteiger partial charge in [0.1, 0.15) is 12.4 Å². The first-order valence-electron chi connectivity index (χ1n) is 10.4. The summed E-state index contributed by atoms with van der Waals surface area (Å²) in [6, 6.07) is 6.21. The fourth-order valence-corrected chi connectivity index (χ4v) is 5.85. The van der Waals surface area contributed by atoms with Gasteiger partial charge in [-0.2, -0.15) is 0 Å². The number of ether oxygens (including phenoxy) is 1. The molecule has 0 spiro atoms. The molecule has 0 unspecified atom stereocenters. The van der Waals surface area contributed by atoms with Crippen molar-refractivity contribution in [1.29, 1.82) is 0 Å². The standard InChI is InChI=1S/C22H29ClN2O2/c23-19-3-4-22-16(8-19)7-15(14-27-22)11-24-12-17-9-20(25-5-1-2-6-25)21(26)10-18(17)13-24/h3-4,7-8,17-18,20-21,26H,1-2,5-6,9-14H2/t17-,18+,20-,21-/m1/s1. The van der Waals surface area contributed by atoms with Crippen molar-refractivity contribution in [3.63, 3.8) is 0 Å². The van der Waals surface area contributed by atoms with Crippen LogP contribution >= 0.6 is 11.6 Å². The third kappa shape index (κ3) is 3.65. The molecule has 27 heavy (non-hydrogen) atoms. The minimum Gasteiger partial charge on any atom is -0.489 e. The van der Waals surface area contributed by atoms with Crippen molar-refractivity contribution in [1.82, 2.24) is 9.80 Å². The van der Waals surface area contributed by atoms with E-state index in [1.165, 1.54) is 31.5 Å².